The highest BCUT2D eigenvalue weighted by Crippen LogP contribution is 2.20. The Morgan fingerprint density at radius 1 is 1.69 bits per heavy atom. The van der Waals surface area contributed by atoms with Crippen LogP contribution in [0.4, 0.5) is 0 Å². The minimum atomic E-state index is -0.382. The highest BCUT2D eigenvalue weighted by Gasteiger charge is 2.32. The van der Waals surface area contributed by atoms with E-state index in [1.54, 1.807) is 4.90 Å². The Balaban J connectivity index is 2.42. The molecule has 0 unspecified atom stereocenters. The number of nitrogens with zero attached hydrogens (tertiary/aromatic N) is 1. The van der Waals surface area contributed by atoms with E-state index in [4.69, 9.17) is 11.6 Å². The minimum Gasteiger partial charge on any atom is -0.342 e. The van der Waals surface area contributed by atoms with Gasteiger partial charge in [-0.3, -0.25) is 9.59 Å². The van der Waals surface area contributed by atoms with Crippen molar-refractivity contribution in [1.82, 2.24) is 4.90 Å². The molecular formula is C9H14ClNO2. The molecule has 3 nitrogen and oxygen atoms in total. The first-order valence-electron chi connectivity index (χ1n) is 4.62. The van der Waals surface area contributed by atoms with Crippen LogP contribution in [-0.2, 0) is 9.59 Å². The minimum absolute atomic E-state index is 0.0625. The summed E-state index contributed by atoms with van der Waals surface area (Å²) in [5.74, 6) is -0.210. The average molecular weight is 204 g/mol. The largest absolute Gasteiger partial charge is 0.342 e. The summed E-state index contributed by atoms with van der Waals surface area (Å²) in [5, 5.41) is -0.382. The standard InChI is InChI=1S/C9H14ClNO2/c1-2-3-4-11-6-7(9(10)13)5-8(11)12/h7H,2-6H2,1H3/t7-/m0/s1. The number of amides is 1. The number of carbonyl (C=O) groups excluding carboxylic acids is 2. The molecule has 1 rings (SSSR count). The summed E-state index contributed by atoms with van der Waals surface area (Å²) in [6, 6.07) is 0. The Morgan fingerprint density at radius 3 is 2.85 bits per heavy atom. The van der Waals surface area contributed by atoms with Crippen molar-refractivity contribution in [2.45, 2.75) is 26.2 Å². The van der Waals surface area contributed by atoms with Gasteiger partial charge < -0.3 is 4.90 Å². The van der Waals surface area contributed by atoms with Crippen LogP contribution in [-0.4, -0.2) is 29.1 Å². The highest BCUT2D eigenvalue weighted by atomic mass is 35.5. The highest BCUT2D eigenvalue weighted by molar-refractivity contribution is 6.64. The van der Waals surface area contributed by atoms with Gasteiger partial charge in [0, 0.05) is 19.5 Å². The van der Waals surface area contributed by atoms with Crippen LogP contribution in [0, 0.1) is 5.92 Å². The topological polar surface area (TPSA) is 37.4 Å². The molecule has 0 N–H and O–H groups in total. The van der Waals surface area contributed by atoms with Crippen molar-refractivity contribution in [2.75, 3.05) is 13.1 Å². The van der Waals surface area contributed by atoms with Gasteiger partial charge in [-0.15, -0.1) is 0 Å². The molecule has 0 bridgehead atoms. The first kappa shape index (κ1) is 10.5. The zero-order chi connectivity index (χ0) is 9.84. The van der Waals surface area contributed by atoms with Crippen LogP contribution in [0.3, 0.4) is 0 Å². The van der Waals surface area contributed by atoms with E-state index in [9.17, 15) is 9.59 Å². The molecule has 0 aromatic rings. The van der Waals surface area contributed by atoms with Crippen LogP contribution >= 0.6 is 11.6 Å². The van der Waals surface area contributed by atoms with Crippen molar-refractivity contribution in [1.29, 1.82) is 0 Å². The number of carbonyl (C=O) groups is 2. The molecule has 0 aliphatic carbocycles. The second kappa shape index (κ2) is 4.61. The van der Waals surface area contributed by atoms with Crippen molar-refractivity contribution in [3.05, 3.63) is 0 Å². The van der Waals surface area contributed by atoms with Gasteiger partial charge in [0.25, 0.3) is 0 Å². The average Bonchev–Trinajstić information content (AvgIpc) is 2.44. The molecule has 13 heavy (non-hydrogen) atoms. The van der Waals surface area contributed by atoms with Gasteiger partial charge in [0.2, 0.25) is 11.1 Å². The second-order valence-electron chi connectivity index (χ2n) is 3.40. The molecule has 0 saturated carbocycles. The smallest absolute Gasteiger partial charge is 0.227 e. The first-order valence-corrected chi connectivity index (χ1v) is 5.00. The zero-order valence-electron chi connectivity index (χ0n) is 7.75. The molecule has 0 radical (unpaired) electrons. The van der Waals surface area contributed by atoms with Crippen LogP contribution in [0.5, 0.6) is 0 Å². The van der Waals surface area contributed by atoms with E-state index >= 15 is 0 Å². The van der Waals surface area contributed by atoms with Crippen molar-refractivity contribution in [3.63, 3.8) is 0 Å². The maximum atomic E-state index is 11.3. The lowest BCUT2D eigenvalue weighted by Crippen LogP contribution is -2.26. The van der Waals surface area contributed by atoms with Crippen LogP contribution in [0.15, 0.2) is 0 Å². The lowest BCUT2D eigenvalue weighted by Gasteiger charge is -2.14. The van der Waals surface area contributed by atoms with Gasteiger partial charge in [-0.25, -0.2) is 0 Å². The third-order valence-corrected chi connectivity index (χ3v) is 2.63. The van der Waals surface area contributed by atoms with Crippen molar-refractivity contribution >= 4 is 22.8 Å². The Morgan fingerprint density at radius 2 is 2.38 bits per heavy atom. The zero-order valence-corrected chi connectivity index (χ0v) is 8.51. The van der Waals surface area contributed by atoms with Crippen LogP contribution in [0.2, 0.25) is 0 Å². The molecule has 1 amide bonds. The fourth-order valence-corrected chi connectivity index (χ4v) is 1.64. The van der Waals surface area contributed by atoms with Gasteiger partial charge in [0.15, 0.2) is 0 Å². The van der Waals surface area contributed by atoms with Crippen LogP contribution in [0.1, 0.15) is 26.2 Å². The van der Waals surface area contributed by atoms with Gasteiger partial charge >= 0.3 is 0 Å². The molecule has 1 aliphatic rings. The first-order chi connectivity index (χ1) is 6.15. The van der Waals surface area contributed by atoms with Gasteiger partial charge in [0.1, 0.15) is 0 Å². The van der Waals surface area contributed by atoms with Crippen LogP contribution in [0.25, 0.3) is 0 Å². The summed E-state index contributed by atoms with van der Waals surface area (Å²) in [6.45, 7) is 3.35. The van der Waals surface area contributed by atoms with Gasteiger partial charge in [-0.2, -0.15) is 0 Å². The maximum absolute atomic E-state index is 11.3. The van der Waals surface area contributed by atoms with E-state index < -0.39 is 0 Å². The summed E-state index contributed by atoms with van der Waals surface area (Å²) in [4.78, 5) is 23.8. The predicted octanol–water partition coefficient (Wildman–Crippen LogP) is 1.40. The molecule has 1 aliphatic heterocycles. The molecular weight excluding hydrogens is 190 g/mol. The summed E-state index contributed by atoms with van der Waals surface area (Å²) < 4.78 is 0. The third kappa shape index (κ3) is 2.69. The molecule has 0 aromatic carbocycles. The predicted molar refractivity (Wildman–Crippen MR) is 50.5 cm³/mol. The lowest BCUT2D eigenvalue weighted by atomic mass is 10.1. The van der Waals surface area contributed by atoms with E-state index in [1.165, 1.54) is 0 Å². The third-order valence-electron chi connectivity index (χ3n) is 2.32. The molecule has 4 heteroatoms. The number of unbranched alkanes of at least 4 members (excludes halogenated alkanes) is 1. The molecule has 1 fully saturated rings. The van der Waals surface area contributed by atoms with E-state index in [2.05, 4.69) is 6.92 Å². The Bertz CT molecular complexity index is 218. The molecule has 1 atom stereocenters. The summed E-state index contributed by atoms with van der Waals surface area (Å²) in [6.07, 6.45) is 2.35. The molecule has 74 valence electrons. The van der Waals surface area contributed by atoms with E-state index in [-0.39, 0.29) is 17.1 Å². The summed E-state index contributed by atoms with van der Waals surface area (Å²) >= 11 is 5.33. The lowest BCUT2D eigenvalue weighted by molar-refractivity contribution is -0.128. The number of halogens is 1. The number of hydrogen-bond acceptors (Lipinski definition) is 2. The Hall–Kier alpha value is -0.570. The van der Waals surface area contributed by atoms with E-state index in [0.29, 0.717) is 13.0 Å². The van der Waals surface area contributed by atoms with Crippen molar-refractivity contribution in [3.8, 4) is 0 Å². The Labute approximate surface area is 83.0 Å². The van der Waals surface area contributed by atoms with Crippen molar-refractivity contribution < 1.29 is 9.59 Å². The number of hydrogen-bond donors (Lipinski definition) is 0. The second-order valence-corrected chi connectivity index (χ2v) is 3.77. The fraction of sp³-hybridized carbons (Fsp3) is 0.778. The molecule has 1 heterocycles. The van der Waals surface area contributed by atoms with Gasteiger partial charge in [0.05, 0.1) is 5.92 Å². The molecule has 0 aromatic heterocycles. The fourth-order valence-electron chi connectivity index (χ4n) is 1.49. The summed E-state index contributed by atoms with van der Waals surface area (Å²) in [7, 11) is 0. The van der Waals surface area contributed by atoms with Crippen molar-refractivity contribution in [2.24, 2.45) is 5.92 Å². The van der Waals surface area contributed by atoms with E-state index in [1.807, 2.05) is 0 Å². The quantitative estimate of drug-likeness (QED) is 0.648. The summed E-state index contributed by atoms with van der Waals surface area (Å²) in [5.41, 5.74) is 0. The monoisotopic (exact) mass is 203 g/mol. The number of rotatable bonds is 4. The Kier molecular flexibility index (Phi) is 3.72. The van der Waals surface area contributed by atoms with Gasteiger partial charge in [-0.1, -0.05) is 13.3 Å². The number of likely N-dealkylation sites (tertiary alicyclic amines) is 1. The SMILES string of the molecule is CCCCN1C[C@@H](C(=O)Cl)CC1=O. The van der Waals surface area contributed by atoms with E-state index in [0.717, 1.165) is 19.4 Å². The molecule has 1 saturated heterocycles. The normalized spacial score (nSPS) is 22.5. The van der Waals surface area contributed by atoms with Crippen LogP contribution < -0.4 is 0 Å². The molecule has 0 spiro atoms. The van der Waals surface area contributed by atoms with Gasteiger partial charge in [-0.05, 0) is 18.0 Å². The maximum Gasteiger partial charge on any atom is 0.227 e.